The van der Waals surface area contributed by atoms with Gasteiger partial charge in [-0.15, -0.1) is 0 Å². The number of halogens is 2. The fourth-order valence-electron chi connectivity index (χ4n) is 9.38. The van der Waals surface area contributed by atoms with Crippen LogP contribution in [0.2, 0.25) is 0 Å². The van der Waals surface area contributed by atoms with Gasteiger partial charge >= 0.3 is 0 Å². The summed E-state index contributed by atoms with van der Waals surface area (Å²) >= 11 is 0. The van der Waals surface area contributed by atoms with E-state index in [0.29, 0.717) is 18.4 Å². The van der Waals surface area contributed by atoms with Gasteiger partial charge in [0.1, 0.15) is 67.1 Å². The first-order valence-electron chi connectivity index (χ1n) is 36.7. The normalized spacial score (nSPS) is 10.4. The number of aromatic nitrogens is 17. The molecule has 2 N–H and O–H groups in total. The molecule has 0 aliphatic carbocycles. The Balaban J connectivity index is 0.000000323. The molecule has 0 bridgehead atoms. The van der Waals surface area contributed by atoms with Crippen LogP contribution in [-0.2, 0) is 42.2 Å². The number of hydrogen-bond donors (Lipinski definition) is 2. The van der Waals surface area contributed by atoms with Crippen LogP contribution >= 0.6 is 0 Å². The highest BCUT2D eigenvalue weighted by Gasteiger charge is 2.24. The molecule has 590 valence electrons. The van der Waals surface area contributed by atoms with E-state index in [4.69, 9.17) is 14.2 Å². The van der Waals surface area contributed by atoms with Crippen molar-refractivity contribution in [3.05, 3.63) is 262 Å². The standard InChI is InChI=1S/C13H24N4.C13H15N3.C12H13N3.C9H14N2.C8H9F2N.2C8H12N2O.C7H10N2.C6H8N2O/c1-5-17(6-2)9-7-8-14-13-10-11(3)15-12(4)16-13;1-11-8-13(15-10-14-11)16(2)9-12-6-4-3-5-7-12;1-10-7-12(15-9-14-10)13-8-11-5-3-2-4-6-11;1-7-5-8(9(2,3)4)11-6-10-7;1-6-3-4-7(5-11-6)8(2,9)10;1-6-4-8(5-11-3)10-7(2)9-6;1-6(2)11-8-4-7(3)9-5-10-8;1-3-7-4-6(2)8-5-9-7;1-5-3-6(9-2)8-4-7-5/h10H,5-9H2,1-4H3,(H,14,15,16);3-8,10H,9H2,1-2H3;2-7,9H,8H2,1H3,(H,13,14,15);5-6H,1-4H3;3-5H,1-2H3;4H,5H2,1-3H3;4-6H,1-3H3;4-5H,3H2,1-2H3;3-4H,1-2H3. The molecule has 11 rings (SSSR count). The molecule has 0 aliphatic rings. The van der Waals surface area contributed by atoms with Crippen LogP contribution in [0, 0.1) is 76.2 Å². The topological polar surface area (TPSA) is 277 Å². The second kappa shape index (κ2) is 51.4. The van der Waals surface area contributed by atoms with E-state index in [1.807, 2.05) is 157 Å². The molecule has 9 aromatic heterocycles. The summed E-state index contributed by atoms with van der Waals surface area (Å²) in [5.41, 5.74) is 14.4. The zero-order valence-electron chi connectivity index (χ0n) is 69.0. The monoisotopic (exact) mass is 1510 g/mol. The first-order valence-corrected chi connectivity index (χ1v) is 36.7. The van der Waals surface area contributed by atoms with Crippen molar-refractivity contribution >= 4 is 17.5 Å². The average Bonchev–Trinajstić information content (AvgIpc) is 0.857. The maximum absolute atomic E-state index is 12.5. The Morgan fingerprint density at radius 1 is 0.464 bits per heavy atom. The summed E-state index contributed by atoms with van der Waals surface area (Å²) in [5, 5.41) is 6.60. The third-order valence-electron chi connectivity index (χ3n) is 15.0. The molecular formula is C84H117F2N21O3. The predicted octanol–water partition coefficient (Wildman–Crippen LogP) is 16.6. The molecular weight excluding hydrogens is 1390 g/mol. The number of benzene rings is 2. The molecule has 26 heteroatoms. The number of anilines is 3. The van der Waals surface area contributed by atoms with E-state index in [1.54, 1.807) is 58.6 Å². The number of alkyl halides is 2. The van der Waals surface area contributed by atoms with Gasteiger partial charge in [0.15, 0.2) is 0 Å². The number of nitrogens with one attached hydrogen (secondary N) is 2. The molecule has 11 aromatic rings. The Labute approximate surface area is 652 Å². The third-order valence-corrected chi connectivity index (χ3v) is 15.0. The third kappa shape index (κ3) is 41.9. The minimum absolute atomic E-state index is 0.0388. The van der Waals surface area contributed by atoms with E-state index in [1.165, 1.54) is 36.0 Å². The van der Waals surface area contributed by atoms with Gasteiger partial charge in [-0.05, 0) is 164 Å². The summed E-state index contributed by atoms with van der Waals surface area (Å²) in [5.74, 6) is 2.88. The number of nitrogens with zero attached hydrogens (tertiary/aromatic N) is 19. The average molecular weight is 1510 g/mol. The Bertz CT molecular complexity index is 4220. The second-order valence-corrected chi connectivity index (χ2v) is 26.7. The van der Waals surface area contributed by atoms with Crippen molar-refractivity contribution in [2.24, 2.45) is 0 Å². The van der Waals surface area contributed by atoms with Gasteiger partial charge in [0.2, 0.25) is 11.8 Å². The van der Waals surface area contributed by atoms with Gasteiger partial charge in [0.05, 0.1) is 25.5 Å². The Kier molecular flexibility index (Phi) is 43.5. The van der Waals surface area contributed by atoms with E-state index in [2.05, 4.69) is 183 Å². The summed E-state index contributed by atoms with van der Waals surface area (Å²) in [4.78, 5) is 73.7. The zero-order valence-corrected chi connectivity index (χ0v) is 69.0. The highest BCUT2D eigenvalue weighted by atomic mass is 19.3. The summed E-state index contributed by atoms with van der Waals surface area (Å²) in [6, 6.07) is 39.0. The van der Waals surface area contributed by atoms with Crippen LogP contribution in [0.3, 0.4) is 0 Å². The lowest BCUT2D eigenvalue weighted by molar-refractivity contribution is 0.0171. The Morgan fingerprint density at radius 2 is 0.964 bits per heavy atom. The zero-order chi connectivity index (χ0) is 81.4. The van der Waals surface area contributed by atoms with Gasteiger partial charge in [-0.2, -0.15) is 0 Å². The van der Waals surface area contributed by atoms with Crippen molar-refractivity contribution in [1.29, 1.82) is 0 Å². The highest BCUT2D eigenvalue weighted by Crippen LogP contribution is 2.26. The molecule has 0 unspecified atom stereocenters. The van der Waals surface area contributed by atoms with Gasteiger partial charge in [0, 0.05) is 151 Å². The number of rotatable bonds is 20. The summed E-state index contributed by atoms with van der Waals surface area (Å²) in [6.45, 7) is 45.5. The van der Waals surface area contributed by atoms with Crippen LogP contribution in [0.5, 0.6) is 11.8 Å². The molecule has 2 aromatic carbocycles. The number of methoxy groups -OCH3 is 2. The number of hydrogen-bond acceptors (Lipinski definition) is 24. The lowest BCUT2D eigenvalue weighted by Crippen LogP contribution is -2.25. The van der Waals surface area contributed by atoms with Crippen LogP contribution in [-0.4, -0.2) is 143 Å². The van der Waals surface area contributed by atoms with Crippen LogP contribution in [0.15, 0.2) is 165 Å². The van der Waals surface area contributed by atoms with E-state index in [9.17, 15) is 8.78 Å². The van der Waals surface area contributed by atoms with Crippen molar-refractivity contribution < 1.29 is 23.0 Å². The molecule has 0 amide bonds. The van der Waals surface area contributed by atoms with Gasteiger partial charge in [-0.3, -0.25) is 4.98 Å². The van der Waals surface area contributed by atoms with Crippen LogP contribution in [0.25, 0.3) is 0 Å². The minimum atomic E-state index is -2.78. The summed E-state index contributed by atoms with van der Waals surface area (Å²) in [6.07, 6.45) is 12.9. The Morgan fingerprint density at radius 3 is 1.43 bits per heavy atom. The van der Waals surface area contributed by atoms with Crippen molar-refractivity contribution in [1.82, 2.24) is 89.6 Å². The number of ether oxygens (including phenoxy) is 3. The van der Waals surface area contributed by atoms with Crippen LogP contribution in [0.1, 0.15) is 165 Å². The molecule has 0 fully saturated rings. The number of pyridine rings is 1. The van der Waals surface area contributed by atoms with Crippen molar-refractivity contribution in [3.63, 3.8) is 0 Å². The van der Waals surface area contributed by atoms with Gasteiger partial charge in [-0.1, -0.05) is 102 Å². The van der Waals surface area contributed by atoms with Crippen LogP contribution < -0.4 is 25.0 Å². The van der Waals surface area contributed by atoms with Gasteiger partial charge < -0.3 is 34.6 Å². The van der Waals surface area contributed by atoms with E-state index < -0.39 is 5.92 Å². The minimum Gasteiger partial charge on any atom is -0.481 e. The molecule has 0 aliphatic heterocycles. The maximum Gasteiger partial charge on any atom is 0.272 e. The van der Waals surface area contributed by atoms with Crippen molar-refractivity contribution in [2.45, 2.75) is 188 Å². The molecule has 9 heterocycles. The summed E-state index contributed by atoms with van der Waals surface area (Å²) in [7, 11) is 5.28. The molecule has 0 saturated carbocycles. The lowest BCUT2D eigenvalue weighted by atomic mass is 9.92. The molecule has 0 spiro atoms. The fourth-order valence-corrected chi connectivity index (χ4v) is 9.38. The van der Waals surface area contributed by atoms with Crippen LogP contribution in [0.4, 0.5) is 26.2 Å². The molecule has 110 heavy (non-hydrogen) atoms. The maximum atomic E-state index is 12.5. The lowest BCUT2D eigenvalue weighted by Gasteiger charge is -2.18. The highest BCUT2D eigenvalue weighted by molar-refractivity contribution is 5.39. The second-order valence-electron chi connectivity index (χ2n) is 26.7. The largest absolute Gasteiger partial charge is 0.481 e. The quantitative estimate of drug-likeness (QED) is 0.0671. The predicted molar refractivity (Wildman–Crippen MR) is 436 cm³/mol. The van der Waals surface area contributed by atoms with Crippen molar-refractivity contribution in [2.75, 3.05) is 63.0 Å². The van der Waals surface area contributed by atoms with E-state index in [-0.39, 0.29) is 17.1 Å². The Hall–Kier alpha value is -11.0. The first-order chi connectivity index (χ1) is 52.3. The molecule has 0 saturated heterocycles. The number of aryl methyl sites for hydroxylation is 12. The fraction of sp³-hybridized carbons (Fsp3) is 0.417. The SMILES string of the molecule is CCN(CC)CCCNc1cc(C)nc(C)n1.CCc1cc(C)ncn1.COCc1cc(C)nc(C)n1.COc1cc(C)ncn1.Cc1cc(C(C)(C)C)ncn1.Cc1cc(N(C)Cc2ccccc2)ncn1.Cc1cc(NCc2ccccc2)ncn1.Cc1cc(OC(C)C)ncn1.Cc1ccc(C(C)(F)F)cn1. The molecule has 24 nitrogen and oxygen atoms in total. The smallest absolute Gasteiger partial charge is 0.272 e. The van der Waals surface area contributed by atoms with E-state index in [0.717, 1.165) is 156 Å². The summed E-state index contributed by atoms with van der Waals surface area (Å²) < 4.78 is 40.2. The van der Waals surface area contributed by atoms with Gasteiger partial charge in [0.25, 0.3) is 5.92 Å². The molecule has 0 atom stereocenters. The van der Waals surface area contributed by atoms with E-state index >= 15 is 0 Å². The van der Waals surface area contributed by atoms with Gasteiger partial charge in [-0.25, -0.2) is 88.5 Å². The molecule has 0 radical (unpaired) electrons. The first kappa shape index (κ1) is 93.2. The van der Waals surface area contributed by atoms with Crippen molar-refractivity contribution in [3.8, 4) is 11.8 Å².